The van der Waals surface area contributed by atoms with Crippen LogP contribution in [0.15, 0.2) is 30.3 Å². The number of carbonyl (C=O) groups excluding carboxylic acids is 2. The maximum Gasteiger partial charge on any atom is 0.255 e. The second-order valence-corrected chi connectivity index (χ2v) is 8.37. The number of rotatable bonds is 5. The van der Waals surface area contributed by atoms with Gasteiger partial charge in [-0.2, -0.15) is 9.78 Å². The van der Waals surface area contributed by atoms with Crippen LogP contribution in [-0.4, -0.2) is 43.9 Å². The van der Waals surface area contributed by atoms with Gasteiger partial charge >= 0.3 is 0 Å². The predicted octanol–water partition coefficient (Wildman–Crippen LogP) is 2.23. The minimum absolute atomic E-state index is 0.110. The fourth-order valence-electron chi connectivity index (χ4n) is 3.49. The SMILES string of the molecule is Cc1cc(C)nc(-n2nc(C)c3c2NC(=O)CS[C@H]3c2ccc(OCC(N)=O)cc2)n1. The summed E-state index contributed by atoms with van der Waals surface area (Å²) in [6, 6.07) is 9.28. The number of fused-ring (bicyclic) bond motifs is 1. The van der Waals surface area contributed by atoms with E-state index in [0.29, 0.717) is 23.3 Å². The number of benzene rings is 1. The molecule has 2 amide bonds. The zero-order valence-corrected chi connectivity index (χ0v) is 18.2. The zero-order chi connectivity index (χ0) is 22.1. The Morgan fingerprint density at radius 3 is 2.55 bits per heavy atom. The van der Waals surface area contributed by atoms with Crippen LogP contribution in [0.4, 0.5) is 5.82 Å². The molecule has 31 heavy (non-hydrogen) atoms. The summed E-state index contributed by atoms with van der Waals surface area (Å²) in [6.07, 6.45) is 0. The highest BCUT2D eigenvalue weighted by Crippen LogP contribution is 2.43. The van der Waals surface area contributed by atoms with Gasteiger partial charge in [0, 0.05) is 17.0 Å². The molecule has 0 bridgehead atoms. The molecule has 0 spiro atoms. The van der Waals surface area contributed by atoms with E-state index < -0.39 is 5.91 Å². The van der Waals surface area contributed by atoms with Gasteiger partial charge in [-0.15, -0.1) is 11.8 Å². The third kappa shape index (κ3) is 4.38. The van der Waals surface area contributed by atoms with Crippen molar-refractivity contribution in [3.63, 3.8) is 0 Å². The molecule has 0 saturated carbocycles. The van der Waals surface area contributed by atoms with E-state index in [-0.39, 0.29) is 17.8 Å². The number of aryl methyl sites for hydroxylation is 3. The fourth-order valence-corrected chi connectivity index (χ4v) is 4.68. The highest BCUT2D eigenvalue weighted by atomic mass is 32.2. The molecule has 2 aromatic heterocycles. The lowest BCUT2D eigenvalue weighted by Gasteiger charge is -2.16. The second-order valence-electron chi connectivity index (χ2n) is 7.27. The third-order valence-corrected chi connectivity index (χ3v) is 6.00. The van der Waals surface area contributed by atoms with Crippen LogP contribution in [-0.2, 0) is 9.59 Å². The summed E-state index contributed by atoms with van der Waals surface area (Å²) >= 11 is 1.52. The Hall–Kier alpha value is -3.40. The lowest BCUT2D eigenvalue weighted by atomic mass is 10.0. The first-order chi connectivity index (χ1) is 14.8. The first kappa shape index (κ1) is 20.9. The molecule has 3 heterocycles. The number of thioether (sulfide) groups is 1. The van der Waals surface area contributed by atoms with Crippen molar-refractivity contribution in [2.45, 2.75) is 26.0 Å². The summed E-state index contributed by atoms with van der Waals surface area (Å²) in [7, 11) is 0. The summed E-state index contributed by atoms with van der Waals surface area (Å²) in [5.41, 5.74) is 9.45. The molecule has 1 aromatic carbocycles. The Kier molecular flexibility index (Phi) is 5.64. The van der Waals surface area contributed by atoms with Crippen LogP contribution in [0.1, 0.15) is 33.5 Å². The molecule has 9 nitrogen and oxygen atoms in total. The summed E-state index contributed by atoms with van der Waals surface area (Å²) < 4.78 is 6.95. The minimum Gasteiger partial charge on any atom is -0.484 e. The Labute approximate surface area is 183 Å². The Morgan fingerprint density at radius 1 is 1.23 bits per heavy atom. The van der Waals surface area contributed by atoms with Crippen molar-refractivity contribution in [2.24, 2.45) is 5.73 Å². The first-order valence-electron chi connectivity index (χ1n) is 9.66. The van der Waals surface area contributed by atoms with E-state index in [2.05, 4.69) is 20.4 Å². The smallest absolute Gasteiger partial charge is 0.255 e. The molecule has 0 saturated heterocycles. The molecular weight excluding hydrogens is 416 g/mol. The van der Waals surface area contributed by atoms with Crippen LogP contribution < -0.4 is 15.8 Å². The van der Waals surface area contributed by atoms with E-state index in [0.717, 1.165) is 28.2 Å². The van der Waals surface area contributed by atoms with Gasteiger partial charge < -0.3 is 15.8 Å². The van der Waals surface area contributed by atoms with Crippen molar-refractivity contribution in [2.75, 3.05) is 17.7 Å². The van der Waals surface area contributed by atoms with E-state index in [1.807, 2.05) is 39.0 Å². The predicted molar refractivity (Wildman–Crippen MR) is 117 cm³/mol. The molecule has 10 heteroatoms. The topological polar surface area (TPSA) is 125 Å². The molecule has 0 unspecified atom stereocenters. The van der Waals surface area contributed by atoms with Gasteiger partial charge in [-0.25, -0.2) is 9.97 Å². The van der Waals surface area contributed by atoms with Crippen LogP contribution in [0.3, 0.4) is 0 Å². The number of ether oxygens (including phenoxy) is 1. The van der Waals surface area contributed by atoms with Crippen molar-refractivity contribution >= 4 is 29.4 Å². The Balaban J connectivity index is 1.75. The number of nitrogens with two attached hydrogens (primary N) is 1. The van der Waals surface area contributed by atoms with E-state index in [1.165, 1.54) is 11.8 Å². The second kappa shape index (κ2) is 8.38. The number of carbonyl (C=O) groups is 2. The van der Waals surface area contributed by atoms with Crippen LogP contribution in [0, 0.1) is 20.8 Å². The summed E-state index contributed by atoms with van der Waals surface area (Å²) in [5.74, 6) is 1.20. The molecule has 0 radical (unpaired) electrons. The largest absolute Gasteiger partial charge is 0.484 e. The number of nitrogens with zero attached hydrogens (tertiary/aromatic N) is 4. The summed E-state index contributed by atoms with van der Waals surface area (Å²) in [5, 5.41) is 7.50. The quantitative estimate of drug-likeness (QED) is 0.626. The standard InChI is InChI=1S/C21H22N6O3S/c1-11-8-12(2)24-21(23-11)27-20-18(13(3)26-27)19(31-10-17(29)25-20)14-4-6-15(7-5-14)30-9-16(22)28/h4-8,19H,9-10H2,1-3H3,(H2,22,28)(H,25,29)/t19-/m0/s1. The van der Waals surface area contributed by atoms with Crippen LogP contribution in [0.2, 0.25) is 0 Å². The minimum atomic E-state index is -0.533. The van der Waals surface area contributed by atoms with Gasteiger partial charge in [0.1, 0.15) is 11.6 Å². The van der Waals surface area contributed by atoms with E-state index in [4.69, 9.17) is 10.5 Å². The Morgan fingerprint density at radius 2 is 1.90 bits per heavy atom. The number of amides is 2. The lowest BCUT2D eigenvalue weighted by molar-refractivity contribution is -0.120. The molecule has 1 aliphatic rings. The maximum absolute atomic E-state index is 12.5. The summed E-state index contributed by atoms with van der Waals surface area (Å²) in [4.78, 5) is 32.4. The van der Waals surface area contributed by atoms with Crippen molar-refractivity contribution in [3.05, 3.63) is 58.5 Å². The van der Waals surface area contributed by atoms with Gasteiger partial charge in [0.05, 0.1) is 16.7 Å². The molecule has 1 aliphatic heterocycles. The molecule has 1 atom stereocenters. The van der Waals surface area contributed by atoms with Crippen LogP contribution in [0.25, 0.3) is 5.95 Å². The van der Waals surface area contributed by atoms with Crippen molar-refractivity contribution in [3.8, 4) is 11.7 Å². The van der Waals surface area contributed by atoms with E-state index >= 15 is 0 Å². The monoisotopic (exact) mass is 438 g/mol. The summed E-state index contributed by atoms with van der Waals surface area (Å²) in [6.45, 7) is 5.52. The average molecular weight is 439 g/mol. The van der Waals surface area contributed by atoms with Gasteiger partial charge in [-0.05, 0) is 44.5 Å². The highest BCUT2D eigenvalue weighted by Gasteiger charge is 2.31. The van der Waals surface area contributed by atoms with Gasteiger partial charge in [0.25, 0.3) is 11.9 Å². The number of anilines is 1. The van der Waals surface area contributed by atoms with Crippen LogP contribution >= 0.6 is 11.8 Å². The van der Waals surface area contributed by atoms with Crippen molar-refractivity contribution in [1.82, 2.24) is 19.7 Å². The molecular formula is C21H22N6O3S. The highest BCUT2D eigenvalue weighted by molar-refractivity contribution is 8.00. The first-order valence-corrected chi connectivity index (χ1v) is 10.7. The lowest BCUT2D eigenvalue weighted by Crippen LogP contribution is -2.19. The number of nitrogens with one attached hydrogen (secondary N) is 1. The third-order valence-electron chi connectivity index (χ3n) is 4.73. The molecule has 0 aliphatic carbocycles. The van der Waals surface area contributed by atoms with Gasteiger partial charge in [0.2, 0.25) is 5.91 Å². The van der Waals surface area contributed by atoms with Gasteiger partial charge in [-0.1, -0.05) is 12.1 Å². The van der Waals surface area contributed by atoms with E-state index in [1.54, 1.807) is 16.8 Å². The number of hydrogen-bond donors (Lipinski definition) is 2. The number of hydrogen-bond acceptors (Lipinski definition) is 7. The van der Waals surface area contributed by atoms with E-state index in [9.17, 15) is 9.59 Å². The maximum atomic E-state index is 12.5. The fraction of sp³-hybridized carbons (Fsp3) is 0.286. The molecule has 3 aromatic rings. The molecule has 160 valence electrons. The molecule has 3 N–H and O–H groups in total. The molecule has 0 fully saturated rings. The van der Waals surface area contributed by atoms with Crippen LogP contribution in [0.5, 0.6) is 5.75 Å². The normalized spacial score (nSPS) is 15.7. The zero-order valence-electron chi connectivity index (χ0n) is 17.4. The van der Waals surface area contributed by atoms with Gasteiger partial charge in [0.15, 0.2) is 6.61 Å². The van der Waals surface area contributed by atoms with Crippen molar-refractivity contribution in [1.29, 1.82) is 0 Å². The van der Waals surface area contributed by atoms with Crippen molar-refractivity contribution < 1.29 is 14.3 Å². The Bertz CT molecular complexity index is 1140. The van der Waals surface area contributed by atoms with Gasteiger partial charge in [-0.3, -0.25) is 9.59 Å². The number of aromatic nitrogens is 4. The number of primary amides is 1. The average Bonchev–Trinajstić information content (AvgIpc) is 2.92. The molecule has 4 rings (SSSR count).